The van der Waals surface area contributed by atoms with Crippen molar-refractivity contribution in [2.24, 2.45) is 0 Å². The number of aromatic nitrogens is 1. The van der Waals surface area contributed by atoms with Gasteiger partial charge in [-0.3, -0.25) is 9.78 Å². The van der Waals surface area contributed by atoms with E-state index in [0.29, 0.717) is 40.7 Å². The number of rotatable bonds is 8. The Bertz CT molecular complexity index is 1180. The van der Waals surface area contributed by atoms with Crippen molar-refractivity contribution >= 4 is 29.3 Å². The van der Waals surface area contributed by atoms with Gasteiger partial charge in [-0.15, -0.1) is 0 Å². The summed E-state index contributed by atoms with van der Waals surface area (Å²) in [5.41, 5.74) is 1.88. The lowest BCUT2D eigenvalue weighted by Crippen LogP contribution is -2.30. The Balaban J connectivity index is 1.68. The molecule has 2 atom stereocenters. The third-order valence-electron chi connectivity index (χ3n) is 5.72. The summed E-state index contributed by atoms with van der Waals surface area (Å²) in [5.74, 6) is 0.502. The molecule has 1 fully saturated rings. The highest BCUT2D eigenvalue weighted by Gasteiger charge is 2.41. The predicted octanol–water partition coefficient (Wildman–Crippen LogP) is 4.05. The third-order valence-corrected chi connectivity index (χ3v) is 6.07. The molecule has 1 saturated heterocycles. The molecule has 34 heavy (non-hydrogen) atoms. The fourth-order valence-corrected chi connectivity index (χ4v) is 4.43. The number of thiocarbonyl (C=S) groups is 1. The number of hydrogen-bond donors (Lipinski definition) is 1. The Labute approximate surface area is 202 Å². The highest BCUT2D eigenvalue weighted by atomic mass is 32.1. The lowest BCUT2D eigenvalue weighted by molar-refractivity contribution is -0.140. The number of hydrogen-bond acceptors (Lipinski definition) is 7. The Morgan fingerprint density at radius 1 is 1.09 bits per heavy atom. The molecule has 8 nitrogen and oxygen atoms in total. The first-order valence-electron chi connectivity index (χ1n) is 10.9. The van der Waals surface area contributed by atoms with Gasteiger partial charge in [-0.25, -0.2) is 4.79 Å². The van der Waals surface area contributed by atoms with Crippen molar-refractivity contribution in [3.05, 3.63) is 77.8 Å². The van der Waals surface area contributed by atoms with Crippen LogP contribution in [-0.2, 0) is 14.3 Å². The minimum Gasteiger partial charge on any atom is -0.469 e. The quantitative estimate of drug-likeness (QED) is 0.379. The van der Waals surface area contributed by atoms with E-state index in [0.717, 1.165) is 5.69 Å². The molecule has 1 N–H and O–H groups in total. The van der Waals surface area contributed by atoms with E-state index in [1.165, 1.54) is 14.2 Å². The molecule has 176 valence electrons. The monoisotopic (exact) mass is 479 g/mol. The Morgan fingerprint density at radius 3 is 2.62 bits per heavy atom. The Morgan fingerprint density at radius 2 is 1.88 bits per heavy atom. The maximum Gasteiger partial charge on any atom is 0.338 e. The third kappa shape index (κ3) is 4.79. The molecule has 0 aliphatic carbocycles. The lowest BCUT2D eigenvalue weighted by Gasteiger charge is -2.26. The van der Waals surface area contributed by atoms with Crippen LogP contribution < -0.4 is 5.32 Å². The number of benzene rings is 1. The van der Waals surface area contributed by atoms with Crippen molar-refractivity contribution < 1.29 is 23.5 Å². The fraction of sp³-hybridized carbons (Fsp3) is 0.280. The minimum absolute atomic E-state index is 0.248. The summed E-state index contributed by atoms with van der Waals surface area (Å²) in [6.45, 7) is 0.531. The van der Waals surface area contributed by atoms with Crippen LogP contribution in [0, 0.1) is 0 Å². The summed E-state index contributed by atoms with van der Waals surface area (Å²) in [6, 6.07) is 16.0. The molecule has 0 spiro atoms. The van der Waals surface area contributed by atoms with Gasteiger partial charge in [0.05, 0.1) is 31.5 Å². The molecule has 0 amide bonds. The number of carbonyl (C=O) groups excluding carboxylic acids is 2. The van der Waals surface area contributed by atoms with E-state index >= 15 is 0 Å². The van der Waals surface area contributed by atoms with E-state index in [4.69, 9.17) is 26.1 Å². The summed E-state index contributed by atoms with van der Waals surface area (Å²) >= 11 is 5.64. The van der Waals surface area contributed by atoms with Gasteiger partial charge in [0, 0.05) is 24.7 Å². The van der Waals surface area contributed by atoms with Crippen molar-refractivity contribution in [1.29, 1.82) is 0 Å². The average molecular weight is 480 g/mol. The summed E-state index contributed by atoms with van der Waals surface area (Å²) in [5, 5.41) is 3.91. The van der Waals surface area contributed by atoms with Gasteiger partial charge in [0.15, 0.2) is 5.11 Å². The fourth-order valence-electron chi connectivity index (χ4n) is 4.09. The van der Waals surface area contributed by atoms with Gasteiger partial charge in [0.1, 0.15) is 17.6 Å². The molecule has 2 aromatic heterocycles. The number of methoxy groups -OCH3 is 2. The highest BCUT2D eigenvalue weighted by molar-refractivity contribution is 7.80. The summed E-state index contributed by atoms with van der Waals surface area (Å²) in [4.78, 5) is 30.4. The molecule has 0 unspecified atom stereocenters. The van der Waals surface area contributed by atoms with E-state index in [1.807, 2.05) is 47.4 Å². The zero-order valence-corrected chi connectivity index (χ0v) is 19.7. The van der Waals surface area contributed by atoms with Gasteiger partial charge in [-0.05, 0) is 49.0 Å². The molecule has 1 aromatic carbocycles. The topological polar surface area (TPSA) is 93.9 Å². The van der Waals surface area contributed by atoms with E-state index in [2.05, 4.69) is 10.3 Å². The Hall–Kier alpha value is -3.72. The molecule has 1 aliphatic rings. The first-order chi connectivity index (χ1) is 16.5. The number of furan rings is 1. The lowest BCUT2D eigenvalue weighted by atomic mass is 10.0. The van der Waals surface area contributed by atoms with Gasteiger partial charge >= 0.3 is 11.9 Å². The smallest absolute Gasteiger partial charge is 0.338 e. The molecular formula is C25H25N3O5S. The summed E-state index contributed by atoms with van der Waals surface area (Å²) < 4.78 is 16.0. The number of nitrogens with one attached hydrogen (secondary N) is 1. The number of nitrogens with zero attached hydrogens (tertiary/aromatic N) is 2. The zero-order valence-electron chi connectivity index (χ0n) is 18.9. The molecule has 3 aromatic rings. The molecule has 4 rings (SSSR count). The number of esters is 2. The van der Waals surface area contributed by atoms with Crippen LogP contribution in [0.4, 0.5) is 0 Å². The maximum absolute atomic E-state index is 12.3. The highest BCUT2D eigenvalue weighted by Crippen LogP contribution is 2.41. The average Bonchev–Trinajstić information content (AvgIpc) is 3.48. The van der Waals surface area contributed by atoms with Gasteiger partial charge in [-0.2, -0.15) is 0 Å². The minimum atomic E-state index is -0.437. The first kappa shape index (κ1) is 23.4. The van der Waals surface area contributed by atoms with Crippen molar-refractivity contribution in [3.8, 4) is 11.3 Å². The first-order valence-corrected chi connectivity index (χ1v) is 11.3. The molecule has 0 bridgehead atoms. The SMILES string of the molecule is COC(=O)CCCN1C(=S)N[C@@H](c2ccccn2)[C@@H]1c1ccc(-c2ccccc2C(=O)OC)o1. The molecule has 9 heteroatoms. The van der Waals surface area contributed by atoms with Gasteiger partial charge in [0.2, 0.25) is 0 Å². The van der Waals surface area contributed by atoms with Crippen LogP contribution in [0.1, 0.15) is 46.7 Å². The molecule has 0 radical (unpaired) electrons. The number of carbonyl (C=O) groups is 2. The second kappa shape index (κ2) is 10.5. The zero-order chi connectivity index (χ0) is 24.1. The van der Waals surface area contributed by atoms with E-state index in [9.17, 15) is 9.59 Å². The standard InChI is InChI=1S/C25H25N3O5S/c1-31-21(29)11-7-15-28-23(22(27-25(28)34)18-10-5-6-14-26-18)20-13-12-19(33-20)16-8-3-4-9-17(16)24(30)32-2/h3-6,8-10,12-14,22-23H,7,11,15H2,1-2H3,(H,27,34)/t22-,23-/m0/s1. The van der Waals surface area contributed by atoms with E-state index < -0.39 is 5.97 Å². The van der Waals surface area contributed by atoms with Crippen molar-refractivity contribution in [3.63, 3.8) is 0 Å². The van der Waals surface area contributed by atoms with E-state index in [1.54, 1.807) is 18.3 Å². The molecule has 0 saturated carbocycles. The Kier molecular flexibility index (Phi) is 7.22. The maximum atomic E-state index is 12.3. The van der Waals surface area contributed by atoms with Crippen LogP contribution in [-0.4, -0.2) is 47.7 Å². The van der Waals surface area contributed by atoms with Crippen molar-refractivity contribution in [1.82, 2.24) is 15.2 Å². The summed E-state index contributed by atoms with van der Waals surface area (Å²) in [6.07, 6.45) is 2.59. The van der Waals surface area contributed by atoms with Crippen LogP contribution in [0.3, 0.4) is 0 Å². The van der Waals surface area contributed by atoms with E-state index in [-0.39, 0.29) is 24.5 Å². The molecule has 3 heterocycles. The van der Waals surface area contributed by atoms with Gasteiger partial charge in [-0.1, -0.05) is 24.3 Å². The van der Waals surface area contributed by atoms with Crippen LogP contribution in [0.15, 0.2) is 65.2 Å². The van der Waals surface area contributed by atoms with Crippen molar-refractivity contribution in [2.45, 2.75) is 24.9 Å². The van der Waals surface area contributed by atoms with Crippen LogP contribution >= 0.6 is 12.2 Å². The number of ether oxygens (including phenoxy) is 2. The summed E-state index contributed by atoms with van der Waals surface area (Å²) in [7, 11) is 2.72. The van der Waals surface area contributed by atoms with Gasteiger partial charge < -0.3 is 24.1 Å². The largest absolute Gasteiger partial charge is 0.469 e. The van der Waals surface area contributed by atoms with Crippen LogP contribution in [0.5, 0.6) is 0 Å². The number of pyridine rings is 1. The van der Waals surface area contributed by atoms with Crippen molar-refractivity contribution in [2.75, 3.05) is 20.8 Å². The second-order valence-electron chi connectivity index (χ2n) is 7.74. The molecule has 1 aliphatic heterocycles. The molecular weight excluding hydrogens is 454 g/mol. The van der Waals surface area contributed by atoms with Crippen LogP contribution in [0.25, 0.3) is 11.3 Å². The predicted molar refractivity (Wildman–Crippen MR) is 129 cm³/mol. The van der Waals surface area contributed by atoms with Gasteiger partial charge in [0.25, 0.3) is 0 Å². The van der Waals surface area contributed by atoms with Crippen LogP contribution in [0.2, 0.25) is 0 Å². The normalized spacial score (nSPS) is 17.4. The second-order valence-corrected chi connectivity index (χ2v) is 8.13.